The van der Waals surface area contributed by atoms with Crippen LogP contribution in [0.4, 0.5) is 5.82 Å². The molecule has 1 aromatic heterocycles. The van der Waals surface area contributed by atoms with Crippen molar-refractivity contribution in [1.29, 1.82) is 0 Å². The van der Waals surface area contributed by atoms with Crippen molar-refractivity contribution >= 4 is 16.7 Å². The van der Waals surface area contributed by atoms with E-state index < -0.39 is 0 Å². The number of hydrogen-bond acceptors (Lipinski definition) is 5. The molecular formula is C21H37N5O. The van der Waals surface area contributed by atoms with E-state index in [0.717, 1.165) is 81.9 Å². The first-order valence-corrected chi connectivity index (χ1v) is 10.5. The van der Waals surface area contributed by atoms with Gasteiger partial charge in [-0.25, -0.2) is 0 Å². The van der Waals surface area contributed by atoms with Crippen LogP contribution in [-0.4, -0.2) is 70.5 Å². The molecule has 0 saturated carbocycles. The number of fused-ring (bicyclic) bond motifs is 1. The van der Waals surface area contributed by atoms with E-state index in [-0.39, 0.29) is 5.75 Å². The summed E-state index contributed by atoms with van der Waals surface area (Å²) in [6.07, 6.45) is 2.15. The molecule has 0 unspecified atom stereocenters. The maximum Gasteiger partial charge on any atom is 0.156 e. The molecule has 1 heterocycles. The molecule has 6 nitrogen and oxygen atoms in total. The van der Waals surface area contributed by atoms with E-state index in [1.54, 1.807) is 6.07 Å². The number of aryl methyl sites for hydroxylation is 1. The molecule has 152 valence electrons. The van der Waals surface area contributed by atoms with Crippen LogP contribution < -0.4 is 5.32 Å². The lowest BCUT2D eigenvalue weighted by Crippen LogP contribution is -2.25. The van der Waals surface area contributed by atoms with Gasteiger partial charge >= 0.3 is 0 Å². The Kier molecular flexibility index (Phi) is 8.88. The number of phenols is 1. The Morgan fingerprint density at radius 1 is 0.963 bits per heavy atom. The fourth-order valence-electron chi connectivity index (χ4n) is 3.50. The Morgan fingerprint density at radius 2 is 1.59 bits per heavy atom. The largest absolute Gasteiger partial charge is 0.508 e. The lowest BCUT2D eigenvalue weighted by Gasteiger charge is -2.17. The molecule has 0 atom stereocenters. The summed E-state index contributed by atoms with van der Waals surface area (Å²) in [6.45, 7) is 17.1. The highest BCUT2D eigenvalue weighted by molar-refractivity contribution is 5.91. The summed E-state index contributed by atoms with van der Waals surface area (Å²) in [5.74, 6) is 1.17. The van der Waals surface area contributed by atoms with E-state index in [1.807, 2.05) is 12.1 Å². The molecule has 0 aliphatic heterocycles. The van der Waals surface area contributed by atoms with Gasteiger partial charge < -0.3 is 20.2 Å². The third-order valence-electron chi connectivity index (χ3n) is 5.31. The molecule has 0 aliphatic carbocycles. The Balaban J connectivity index is 2.02. The minimum absolute atomic E-state index is 0.288. The normalized spacial score (nSPS) is 11.8. The van der Waals surface area contributed by atoms with Crippen LogP contribution >= 0.6 is 0 Å². The SMILES string of the molecule is CCN(CC)CCCNc1nn(CCCN(CC)CC)c2ccc(O)cc12. The molecule has 0 saturated heterocycles. The Hall–Kier alpha value is -1.79. The summed E-state index contributed by atoms with van der Waals surface area (Å²) in [6, 6.07) is 5.53. The van der Waals surface area contributed by atoms with Gasteiger partial charge in [-0.15, -0.1) is 0 Å². The topological polar surface area (TPSA) is 56.6 Å². The van der Waals surface area contributed by atoms with Crippen molar-refractivity contribution in [3.63, 3.8) is 0 Å². The van der Waals surface area contributed by atoms with Gasteiger partial charge in [-0.1, -0.05) is 27.7 Å². The number of nitrogens with one attached hydrogen (secondary N) is 1. The summed E-state index contributed by atoms with van der Waals surface area (Å²) in [5.41, 5.74) is 1.08. The third-order valence-corrected chi connectivity index (χ3v) is 5.31. The van der Waals surface area contributed by atoms with Crippen molar-refractivity contribution in [3.8, 4) is 5.75 Å². The average Bonchev–Trinajstić information content (AvgIpc) is 3.02. The monoisotopic (exact) mass is 375 g/mol. The molecule has 27 heavy (non-hydrogen) atoms. The standard InChI is InChI=1S/C21H37N5O/c1-5-24(6-2)14-9-13-22-21-19-17-18(27)11-12-20(19)26(23-21)16-10-15-25(7-3)8-4/h11-12,17,27H,5-10,13-16H2,1-4H3,(H,22,23). The molecule has 1 aromatic carbocycles. The van der Waals surface area contributed by atoms with Crippen LogP contribution in [0.3, 0.4) is 0 Å². The molecule has 0 radical (unpaired) electrons. The Morgan fingerprint density at radius 3 is 2.22 bits per heavy atom. The molecule has 0 bridgehead atoms. The summed E-state index contributed by atoms with van der Waals surface area (Å²) >= 11 is 0. The summed E-state index contributed by atoms with van der Waals surface area (Å²) in [5, 5.41) is 19.2. The number of hydrogen-bond donors (Lipinski definition) is 2. The number of anilines is 1. The van der Waals surface area contributed by atoms with Crippen LogP contribution in [0.2, 0.25) is 0 Å². The average molecular weight is 376 g/mol. The molecule has 0 fully saturated rings. The van der Waals surface area contributed by atoms with Crippen molar-refractivity contribution < 1.29 is 5.11 Å². The van der Waals surface area contributed by atoms with Gasteiger partial charge in [0.1, 0.15) is 5.75 Å². The van der Waals surface area contributed by atoms with Crippen LogP contribution in [0.1, 0.15) is 40.5 Å². The highest BCUT2D eigenvalue weighted by atomic mass is 16.3. The van der Waals surface area contributed by atoms with Crippen molar-refractivity contribution in [2.75, 3.05) is 51.1 Å². The molecule has 0 amide bonds. The molecule has 0 aliphatic rings. The molecule has 2 rings (SSSR count). The maximum atomic E-state index is 9.91. The minimum Gasteiger partial charge on any atom is -0.508 e. The zero-order chi connectivity index (χ0) is 19.6. The lowest BCUT2D eigenvalue weighted by atomic mass is 10.2. The van der Waals surface area contributed by atoms with E-state index in [9.17, 15) is 5.11 Å². The zero-order valence-electron chi connectivity index (χ0n) is 17.5. The Labute approximate surface area is 164 Å². The molecular weight excluding hydrogens is 338 g/mol. The fraction of sp³-hybridized carbons (Fsp3) is 0.667. The minimum atomic E-state index is 0.288. The number of benzene rings is 1. The molecule has 2 N–H and O–H groups in total. The smallest absolute Gasteiger partial charge is 0.156 e. The van der Waals surface area contributed by atoms with Gasteiger partial charge in [-0.05, 0) is 70.3 Å². The van der Waals surface area contributed by atoms with Gasteiger partial charge in [-0.2, -0.15) is 5.10 Å². The predicted octanol–water partition coefficient (Wildman–Crippen LogP) is 3.62. The first kappa shape index (κ1) is 21.5. The van der Waals surface area contributed by atoms with Crippen LogP contribution in [0, 0.1) is 0 Å². The summed E-state index contributed by atoms with van der Waals surface area (Å²) < 4.78 is 2.07. The highest BCUT2D eigenvalue weighted by Crippen LogP contribution is 2.27. The van der Waals surface area contributed by atoms with E-state index in [2.05, 4.69) is 47.5 Å². The molecule has 2 aromatic rings. The van der Waals surface area contributed by atoms with Gasteiger partial charge in [0, 0.05) is 18.5 Å². The van der Waals surface area contributed by atoms with Crippen molar-refractivity contribution in [1.82, 2.24) is 19.6 Å². The van der Waals surface area contributed by atoms with Gasteiger partial charge in [-0.3, -0.25) is 4.68 Å². The molecule has 0 spiro atoms. The number of phenolic OH excluding ortho intramolecular Hbond substituents is 1. The van der Waals surface area contributed by atoms with Crippen LogP contribution in [0.25, 0.3) is 10.9 Å². The van der Waals surface area contributed by atoms with E-state index in [1.165, 1.54) is 0 Å². The van der Waals surface area contributed by atoms with E-state index in [0.29, 0.717) is 0 Å². The lowest BCUT2D eigenvalue weighted by molar-refractivity contribution is 0.292. The second-order valence-electron chi connectivity index (χ2n) is 6.96. The maximum absolute atomic E-state index is 9.91. The van der Waals surface area contributed by atoms with Gasteiger partial charge in [0.25, 0.3) is 0 Å². The first-order valence-electron chi connectivity index (χ1n) is 10.5. The van der Waals surface area contributed by atoms with Gasteiger partial charge in [0.2, 0.25) is 0 Å². The predicted molar refractivity (Wildman–Crippen MR) is 115 cm³/mol. The van der Waals surface area contributed by atoms with E-state index >= 15 is 0 Å². The number of nitrogens with zero attached hydrogens (tertiary/aromatic N) is 4. The highest BCUT2D eigenvalue weighted by Gasteiger charge is 2.11. The van der Waals surface area contributed by atoms with Crippen molar-refractivity contribution in [2.24, 2.45) is 0 Å². The second kappa shape index (κ2) is 11.1. The molecule has 6 heteroatoms. The quantitative estimate of drug-likeness (QED) is 0.524. The summed E-state index contributed by atoms with van der Waals surface area (Å²) in [4.78, 5) is 4.86. The first-order chi connectivity index (χ1) is 13.1. The van der Waals surface area contributed by atoms with Crippen LogP contribution in [-0.2, 0) is 6.54 Å². The van der Waals surface area contributed by atoms with E-state index in [4.69, 9.17) is 5.10 Å². The second-order valence-corrected chi connectivity index (χ2v) is 6.96. The Bertz CT molecular complexity index is 677. The van der Waals surface area contributed by atoms with Crippen LogP contribution in [0.5, 0.6) is 5.75 Å². The van der Waals surface area contributed by atoms with Gasteiger partial charge in [0.15, 0.2) is 5.82 Å². The zero-order valence-corrected chi connectivity index (χ0v) is 17.5. The number of rotatable bonds is 13. The van der Waals surface area contributed by atoms with Crippen molar-refractivity contribution in [3.05, 3.63) is 18.2 Å². The van der Waals surface area contributed by atoms with Crippen LogP contribution in [0.15, 0.2) is 18.2 Å². The summed E-state index contributed by atoms with van der Waals surface area (Å²) in [7, 11) is 0. The fourth-order valence-corrected chi connectivity index (χ4v) is 3.50. The number of aromatic nitrogens is 2. The van der Waals surface area contributed by atoms with Crippen molar-refractivity contribution in [2.45, 2.75) is 47.1 Å². The number of aromatic hydroxyl groups is 1. The van der Waals surface area contributed by atoms with Gasteiger partial charge in [0.05, 0.1) is 5.52 Å². The third kappa shape index (κ3) is 6.11.